The third-order valence-electron chi connectivity index (χ3n) is 4.09. The maximum Gasteiger partial charge on any atom is 0.322 e. The summed E-state index contributed by atoms with van der Waals surface area (Å²) in [7, 11) is -3.49. The van der Waals surface area contributed by atoms with Crippen molar-refractivity contribution in [3.05, 3.63) is 60.3 Å². The van der Waals surface area contributed by atoms with Crippen molar-refractivity contribution in [2.75, 3.05) is 0 Å². The number of aromatic nitrogens is 2. The van der Waals surface area contributed by atoms with Gasteiger partial charge in [0.15, 0.2) is 5.88 Å². The molecule has 2 aromatic carbocycles. The van der Waals surface area contributed by atoms with Crippen LogP contribution in [0.4, 0.5) is 5.69 Å². The summed E-state index contributed by atoms with van der Waals surface area (Å²) in [4.78, 5) is 11.8. The molecule has 8 heteroatoms. The summed E-state index contributed by atoms with van der Waals surface area (Å²) in [5.41, 5.74) is 2.60. The topological polar surface area (TPSA) is 123 Å². The molecule has 2 aromatic heterocycles. The van der Waals surface area contributed by atoms with Crippen molar-refractivity contribution in [2.24, 2.45) is 4.99 Å². The fourth-order valence-corrected chi connectivity index (χ4v) is 3.39. The quantitative estimate of drug-likeness (QED) is 0.480. The van der Waals surface area contributed by atoms with Crippen molar-refractivity contribution in [3.8, 4) is 5.88 Å². The number of sulfonamides is 1. The van der Waals surface area contributed by atoms with Gasteiger partial charge in [-0.3, -0.25) is 9.98 Å². The van der Waals surface area contributed by atoms with Crippen LogP contribution < -0.4 is 5.14 Å². The molecular formula is C18H15N4O3S+. The molecular weight excluding hydrogens is 352 g/mol. The van der Waals surface area contributed by atoms with Crippen LogP contribution in [0.15, 0.2) is 64.6 Å². The molecule has 0 aliphatic carbocycles. The second kappa shape index (κ2) is 5.94. The molecule has 0 atom stereocenters. The number of benzene rings is 2. The largest absolute Gasteiger partial charge is 0.494 e. The van der Waals surface area contributed by atoms with Crippen LogP contribution in [0.3, 0.4) is 0 Å². The van der Waals surface area contributed by atoms with E-state index in [-0.39, 0.29) is 10.8 Å². The summed E-state index contributed by atoms with van der Waals surface area (Å²) in [6, 6.07) is 13.7. The number of aliphatic imine (C=N–C) groups is 1. The summed E-state index contributed by atoms with van der Waals surface area (Å²) in [5.74, 6) is -0.00106. The van der Waals surface area contributed by atoms with Crippen LogP contribution in [0.5, 0.6) is 5.88 Å². The van der Waals surface area contributed by atoms with Crippen LogP contribution in [-0.2, 0) is 10.0 Å². The van der Waals surface area contributed by atoms with Gasteiger partial charge >= 0.3 is 10.0 Å². The van der Waals surface area contributed by atoms with Gasteiger partial charge in [0.2, 0.25) is 0 Å². The van der Waals surface area contributed by atoms with Crippen molar-refractivity contribution in [1.29, 1.82) is 0 Å². The van der Waals surface area contributed by atoms with E-state index in [9.17, 15) is 13.5 Å². The van der Waals surface area contributed by atoms with Gasteiger partial charge in [0.1, 0.15) is 4.90 Å². The Balaban J connectivity index is 1.81. The van der Waals surface area contributed by atoms with Gasteiger partial charge in [-0.25, -0.2) is 5.14 Å². The van der Waals surface area contributed by atoms with Gasteiger partial charge in [-0.2, -0.15) is 8.42 Å². The zero-order valence-corrected chi connectivity index (χ0v) is 14.4. The highest BCUT2D eigenvalue weighted by atomic mass is 32.2. The van der Waals surface area contributed by atoms with E-state index in [1.54, 1.807) is 18.3 Å². The summed E-state index contributed by atoms with van der Waals surface area (Å²) in [5, 5.41) is 15.1. The smallest absolute Gasteiger partial charge is 0.322 e. The summed E-state index contributed by atoms with van der Waals surface area (Å²) in [6.45, 7) is 0. The second-order valence-corrected chi connectivity index (χ2v) is 7.52. The van der Waals surface area contributed by atoms with E-state index in [4.69, 9.17) is 0 Å². The molecule has 4 rings (SSSR count). The van der Waals surface area contributed by atoms with Gasteiger partial charge in [0, 0.05) is 23.2 Å². The number of aromatic hydroxyl groups is 1. The third kappa shape index (κ3) is 2.81. The Labute approximate surface area is 148 Å². The molecule has 5 N–H and O–H groups in total. The van der Waals surface area contributed by atoms with Gasteiger partial charge in [-0.05, 0) is 36.4 Å². The van der Waals surface area contributed by atoms with Crippen molar-refractivity contribution >= 4 is 43.7 Å². The molecule has 0 amide bonds. The van der Waals surface area contributed by atoms with Gasteiger partial charge < -0.3 is 10.1 Å². The first-order valence-electron chi connectivity index (χ1n) is 7.74. The minimum absolute atomic E-state index is 0.00106. The van der Waals surface area contributed by atoms with Crippen LogP contribution in [0, 0.1) is 0 Å². The average Bonchev–Trinajstić information content (AvgIpc) is 2.95. The molecule has 0 radical (unpaired) electrons. The lowest BCUT2D eigenvalue weighted by atomic mass is 10.1. The maximum absolute atomic E-state index is 11.4. The van der Waals surface area contributed by atoms with Crippen LogP contribution in [0.1, 0.15) is 5.56 Å². The second-order valence-electron chi connectivity index (χ2n) is 5.82. The zero-order chi connectivity index (χ0) is 18.3. The van der Waals surface area contributed by atoms with E-state index >= 15 is 0 Å². The monoisotopic (exact) mass is 367 g/mol. The number of nitrogens with one attached hydrogen (secondary N) is 1. The Morgan fingerprint density at radius 3 is 2.62 bits per heavy atom. The molecule has 4 aromatic rings. The molecule has 26 heavy (non-hydrogen) atoms. The highest BCUT2D eigenvalue weighted by Crippen LogP contribution is 2.31. The van der Waals surface area contributed by atoms with Gasteiger partial charge in [0.05, 0.1) is 22.3 Å². The summed E-state index contributed by atoms with van der Waals surface area (Å²) < 4.78 is 22.8. The number of H-pyrrole nitrogens is 1. The van der Waals surface area contributed by atoms with Crippen molar-refractivity contribution in [3.63, 3.8) is 0 Å². The summed E-state index contributed by atoms with van der Waals surface area (Å²) >= 11 is 0. The lowest BCUT2D eigenvalue weighted by Crippen LogP contribution is -2.56. The van der Waals surface area contributed by atoms with E-state index in [2.05, 4.69) is 20.1 Å². The highest BCUT2D eigenvalue weighted by Gasteiger charge is 2.13. The first-order valence-corrected chi connectivity index (χ1v) is 9.39. The summed E-state index contributed by atoms with van der Waals surface area (Å²) in [6.07, 6.45) is 3.24. The Hall–Kier alpha value is -3.23. The van der Waals surface area contributed by atoms with Crippen molar-refractivity contribution in [2.45, 2.75) is 4.90 Å². The first kappa shape index (κ1) is 16.2. The van der Waals surface area contributed by atoms with Crippen LogP contribution in [-0.4, -0.2) is 29.7 Å². The highest BCUT2D eigenvalue weighted by molar-refractivity contribution is 7.84. The molecule has 0 aliphatic heterocycles. The molecule has 2 heterocycles. The first-order chi connectivity index (χ1) is 12.4. The minimum atomic E-state index is -3.49. The lowest BCUT2D eigenvalue weighted by Gasteiger charge is -2.00. The Morgan fingerprint density at radius 2 is 1.88 bits per heavy atom. The SMILES string of the molecule is [NH3+]S(=O)(=O)c1ccc(N=Cc2c(O)[nH]c3ccc4cccnc4c23)cc1. The number of fused-ring (bicyclic) bond motifs is 3. The Morgan fingerprint density at radius 1 is 1.12 bits per heavy atom. The number of rotatable bonds is 3. The average molecular weight is 367 g/mol. The van der Waals surface area contributed by atoms with E-state index in [0.717, 1.165) is 21.8 Å². The van der Waals surface area contributed by atoms with Crippen molar-refractivity contribution < 1.29 is 18.7 Å². The van der Waals surface area contributed by atoms with Crippen molar-refractivity contribution in [1.82, 2.24) is 9.97 Å². The lowest BCUT2D eigenvalue weighted by molar-refractivity contribution is -0.164. The predicted molar refractivity (Wildman–Crippen MR) is 99.0 cm³/mol. The van der Waals surface area contributed by atoms with E-state index in [1.165, 1.54) is 18.3 Å². The third-order valence-corrected chi connectivity index (χ3v) is 5.08. The fraction of sp³-hybridized carbons (Fsp3) is 0. The number of hydrogen-bond acceptors (Lipinski definition) is 5. The molecule has 0 spiro atoms. The number of pyridine rings is 1. The maximum atomic E-state index is 11.4. The number of hydrogen-bond donors (Lipinski definition) is 3. The van der Waals surface area contributed by atoms with Gasteiger partial charge in [-0.15, -0.1) is 0 Å². The van der Waals surface area contributed by atoms with Crippen LogP contribution in [0.2, 0.25) is 0 Å². The van der Waals surface area contributed by atoms with E-state index in [0.29, 0.717) is 11.3 Å². The molecule has 0 unspecified atom stereocenters. The molecule has 0 saturated carbocycles. The van der Waals surface area contributed by atoms with Crippen LogP contribution in [0.25, 0.3) is 21.8 Å². The van der Waals surface area contributed by atoms with E-state index < -0.39 is 10.0 Å². The fourth-order valence-electron chi connectivity index (χ4n) is 2.84. The molecule has 0 bridgehead atoms. The predicted octanol–water partition coefficient (Wildman–Crippen LogP) is 2.10. The van der Waals surface area contributed by atoms with Gasteiger partial charge in [0.25, 0.3) is 0 Å². The van der Waals surface area contributed by atoms with Crippen LogP contribution >= 0.6 is 0 Å². The Kier molecular flexibility index (Phi) is 3.71. The molecule has 0 saturated heterocycles. The standard InChI is InChI=1S/C18H14N4O3S/c19-26(24,25)13-6-4-12(5-7-13)21-10-14-16-15(22-18(14)23)8-3-11-2-1-9-20-17(11)16/h1-10,22-23H,(H2,19,24,25)/p+1. The zero-order valence-electron chi connectivity index (χ0n) is 13.5. The van der Waals surface area contributed by atoms with Gasteiger partial charge in [-0.1, -0.05) is 12.1 Å². The normalized spacial score (nSPS) is 12.3. The molecule has 7 nitrogen and oxygen atoms in total. The molecule has 0 fully saturated rings. The number of aromatic amines is 1. The number of nitrogens with zero attached hydrogens (tertiary/aromatic N) is 2. The minimum Gasteiger partial charge on any atom is -0.494 e. The van der Waals surface area contributed by atoms with E-state index in [1.807, 2.05) is 24.3 Å². The molecule has 0 aliphatic rings. The number of quaternary nitrogens is 1. The molecule has 130 valence electrons. The Bertz CT molecular complexity index is 1260.